The highest BCUT2D eigenvalue weighted by atomic mass is 16.5. The molecular formula is C19H22O5. The summed E-state index contributed by atoms with van der Waals surface area (Å²) in [6.07, 6.45) is 2.79. The lowest BCUT2D eigenvalue weighted by molar-refractivity contribution is 0.201. The first-order valence-corrected chi connectivity index (χ1v) is 7.75. The van der Waals surface area contributed by atoms with E-state index in [0.717, 1.165) is 17.6 Å². The number of phenols is 1. The molecule has 0 spiro atoms. The highest BCUT2D eigenvalue weighted by Gasteiger charge is 2.08. The van der Waals surface area contributed by atoms with Gasteiger partial charge in [-0.15, -0.1) is 0 Å². The number of hydrogen-bond donors (Lipinski definition) is 2. The van der Waals surface area contributed by atoms with E-state index >= 15 is 0 Å². The van der Waals surface area contributed by atoms with Gasteiger partial charge in [-0.2, -0.15) is 0 Å². The zero-order valence-corrected chi connectivity index (χ0v) is 13.9. The Bertz CT molecular complexity index is 816. The maximum atomic E-state index is 11.3. The molecule has 5 heteroatoms. The molecule has 1 unspecified atom stereocenters. The maximum absolute atomic E-state index is 11.3. The zero-order chi connectivity index (χ0) is 17.7. The number of aliphatic hydroxyl groups is 1. The zero-order valence-electron chi connectivity index (χ0n) is 13.9. The summed E-state index contributed by atoms with van der Waals surface area (Å²) in [6, 6.07) is 5.78. The quantitative estimate of drug-likeness (QED) is 0.599. The first-order chi connectivity index (χ1) is 11.4. The predicted molar refractivity (Wildman–Crippen MR) is 93.5 cm³/mol. The molecule has 0 amide bonds. The standard InChI is InChI=1S/C19H22O5/c1-12(2)16(21)6-4-13(3)8-9-23-17-10-14(20)11-18-15(17)5-7-19(22)24-18/h5,7-8,10-11,16,20-21H,1,4,6,9H2,2-3H3/b13-8+. The van der Waals surface area contributed by atoms with Gasteiger partial charge in [0.1, 0.15) is 23.7 Å². The van der Waals surface area contributed by atoms with E-state index in [-0.39, 0.29) is 11.3 Å². The first-order valence-electron chi connectivity index (χ1n) is 7.75. The number of fused-ring (bicyclic) bond motifs is 1. The lowest BCUT2D eigenvalue weighted by Crippen LogP contribution is -2.07. The lowest BCUT2D eigenvalue weighted by atomic mass is 10.0. The van der Waals surface area contributed by atoms with Gasteiger partial charge in [0.25, 0.3) is 0 Å². The molecule has 128 valence electrons. The number of aromatic hydroxyl groups is 1. The smallest absolute Gasteiger partial charge is 0.336 e. The Morgan fingerprint density at radius 3 is 2.83 bits per heavy atom. The molecule has 24 heavy (non-hydrogen) atoms. The largest absolute Gasteiger partial charge is 0.508 e. The van der Waals surface area contributed by atoms with Gasteiger partial charge >= 0.3 is 5.63 Å². The van der Waals surface area contributed by atoms with E-state index < -0.39 is 11.7 Å². The van der Waals surface area contributed by atoms with Crippen molar-refractivity contribution < 1.29 is 19.4 Å². The van der Waals surface area contributed by atoms with Crippen molar-refractivity contribution in [2.75, 3.05) is 6.61 Å². The fourth-order valence-electron chi connectivity index (χ4n) is 2.24. The molecule has 2 aromatic rings. The lowest BCUT2D eigenvalue weighted by Gasteiger charge is -2.11. The average molecular weight is 330 g/mol. The molecule has 0 fully saturated rings. The van der Waals surface area contributed by atoms with Gasteiger partial charge in [-0.3, -0.25) is 0 Å². The number of aliphatic hydroxyl groups excluding tert-OH is 1. The van der Waals surface area contributed by atoms with Gasteiger partial charge in [0.05, 0.1) is 11.5 Å². The minimum Gasteiger partial charge on any atom is -0.508 e. The minimum absolute atomic E-state index is 0.0304. The second kappa shape index (κ2) is 7.84. The minimum atomic E-state index is -0.493. The van der Waals surface area contributed by atoms with E-state index in [1.165, 1.54) is 18.2 Å². The third-order valence-corrected chi connectivity index (χ3v) is 3.74. The summed E-state index contributed by atoms with van der Waals surface area (Å²) in [5.41, 5.74) is 1.65. The van der Waals surface area contributed by atoms with Crippen molar-refractivity contribution >= 4 is 11.0 Å². The SMILES string of the molecule is C=C(C)C(O)CC/C(C)=C/COc1cc(O)cc2oc(=O)ccc12. The fourth-order valence-corrected chi connectivity index (χ4v) is 2.24. The highest BCUT2D eigenvalue weighted by Crippen LogP contribution is 2.29. The van der Waals surface area contributed by atoms with Crippen LogP contribution in [0.15, 0.2) is 57.3 Å². The molecule has 1 heterocycles. The fraction of sp³-hybridized carbons (Fsp3) is 0.316. The Morgan fingerprint density at radius 2 is 2.12 bits per heavy atom. The van der Waals surface area contributed by atoms with E-state index in [9.17, 15) is 15.0 Å². The second-order valence-corrected chi connectivity index (χ2v) is 5.87. The van der Waals surface area contributed by atoms with Crippen LogP contribution < -0.4 is 10.4 Å². The second-order valence-electron chi connectivity index (χ2n) is 5.87. The Morgan fingerprint density at radius 1 is 1.38 bits per heavy atom. The molecule has 0 saturated carbocycles. The van der Waals surface area contributed by atoms with Crippen LogP contribution in [0, 0.1) is 0 Å². The van der Waals surface area contributed by atoms with Gasteiger partial charge in [0, 0.05) is 18.2 Å². The van der Waals surface area contributed by atoms with E-state index in [1.54, 1.807) is 13.0 Å². The number of phenolic OH excluding ortho intramolecular Hbond substituents is 1. The molecule has 1 atom stereocenters. The third-order valence-electron chi connectivity index (χ3n) is 3.74. The molecule has 2 N–H and O–H groups in total. The molecule has 0 saturated heterocycles. The van der Waals surface area contributed by atoms with Gasteiger partial charge in [-0.25, -0.2) is 4.79 Å². The molecule has 2 rings (SSSR count). The van der Waals surface area contributed by atoms with Gasteiger partial charge in [-0.1, -0.05) is 17.7 Å². The van der Waals surface area contributed by atoms with Crippen LogP contribution in [-0.4, -0.2) is 22.9 Å². The predicted octanol–water partition coefficient (Wildman–Crippen LogP) is 3.54. The summed E-state index contributed by atoms with van der Waals surface area (Å²) < 4.78 is 10.7. The number of hydrogen-bond acceptors (Lipinski definition) is 5. The van der Waals surface area contributed by atoms with Gasteiger partial charge < -0.3 is 19.4 Å². The van der Waals surface area contributed by atoms with E-state index in [4.69, 9.17) is 9.15 Å². The maximum Gasteiger partial charge on any atom is 0.336 e. The molecule has 0 aliphatic heterocycles. The van der Waals surface area contributed by atoms with Crippen molar-refractivity contribution in [1.82, 2.24) is 0 Å². The van der Waals surface area contributed by atoms with Gasteiger partial charge in [0.15, 0.2) is 0 Å². The Labute approximate surface area is 140 Å². The average Bonchev–Trinajstić information content (AvgIpc) is 2.51. The van der Waals surface area contributed by atoms with E-state index in [1.807, 2.05) is 13.0 Å². The Kier molecular flexibility index (Phi) is 5.82. The van der Waals surface area contributed by atoms with Crippen molar-refractivity contribution in [3.8, 4) is 11.5 Å². The molecule has 1 aromatic carbocycles. The summed E-state index contributed by atoms with van der Waals surface area (Å²) in [6.45, 7) is 7.81. The van der Waals surface area contributed by atoms with E-state index in [2.05, 4.69) is 6.58 Å². The van der Waals surface area contributed by atoms with Gasteiger partial charge in [-0.05, 0) is 38.8 Å². The van der Waals surface area contributed by atoms with Crippen molar-refractivity contribution in [3.63, 3.8) is 0 Å². The monoisotopic (exact) mass is 330 g/mol. The highest BCUT2D eigenvalue weighted by molar-refractivity contribution is 5.84. The molecule has 0 aliphatic carbocycles. The van der Waals surface area contributed by atoms with Crippen molar-refractivity contribution in [2.24, 2.45) is 0 Å². The van der Waals surface area contributed by atoms with Crippen LogP contribution >= 0.6 is 0 Å². The topological polar surface area (TPSA) is 79.9 Å². The van der Waals surface area contributed by atoms with Crippen LogP contribution in [0.3, 0.4) is 0 Å². The number of benzene rings is 1. The number of rotatable bonds is 7. The molecule has 5 nitrogen and oxygen atoms in total. The third kappa shape index (κ3) is 4.73. The van der Waals surface area contributed by atoms with Crippen LogP contribution in [-0.2, 0) is 0 Å². The van der Waals surface area contributed by atoms with Crippen LogP contribution in [0.4, 0.5) is 0 Å². The van der Waals surface area contributed by atoms with Crippen molar-refractivity contribution in [2.45, 2.75) is 32.8 Å². The normalized spacial score (nSPS) is 13.0. The van der Waals surface area contributed by atoms with E-state index in [0.29, 0.717) is 24.2 Å². The van der Waals surface area contributed by atoms with Crippen LogP contribution in [0.5, 0.6) is 11.5 Å². The molecule has 0 aliphatic rings. The molecule has 0 radical (unpaired) electrons. The summed E-state index contributed by atoms with van der Waals surface area (Å²) in [5, 5.41) is 20.1. The van der Waals surface area contributed by atoms with Crippen molar-refractivity contribution in [1.29, 1.82) is 0 Å². The molecule has 0 bridgehead atoms. The number of allylic oxidation sites excluding steroid dienone is 1. The molecular weight excluding hydrogens is 308 g/mol. The van der Waals surface area contributed by atoms with Gasteiger partial charge in [0.2, 0.25) is 0 Å². The van der Waals surface area contributed by atoms with Crippen LogP contribution in [0.25, 0.3) is 11.0 Å². The molecule has 1 aromatic heterocycles. The Balaban J connectivity index is 2.04. The van der Waals surface area contributed by atoms with Crippen LogP contribution in [0.2, 0.25) is 0 Å². The van der Waals surface area contributed by atoms with Crippen LogP contribution in [0.1, 0.15) is 26.7 Å². The first kappa shape index (κ1) is 17.8. The summed E-state index contributed by atoms with van der Waals surface area (Å²) in [7, 11) is 0. The summed E-state index contributed by atoms with van der Waals surface area (Å²) >= 11 is 0. The Hall–Kier alpha value is -2.53. The summed E-state index contributed by atoms with van der Waals surface area (Å²) in [4.78, 5) is 11.3. The summed E-state index contributed by atoms with van der Waals surface area (Å²) in [5.74, 6) is 0.414. The van der Waals surface area contributed by atoms with Crippen molar-refractivity contribution in [3.05, 3.63) is 58.5 Å². The number of ether oxygens (including phenoxy) is 1.